The van der Waals surface area contributed by atoms with Crippen molar-refractivity contribution < 1.29 is 4.74 Å². The molecule has 0 bridgehead atoms. The molecule has 1 saturated heterocycles. The smallest absolute Gasteiger partial charge is 0.348 e. The van der Waals surface area contributed by atoms with Crippen LogP contribution in [0.25, 0.3) is 0 Å². The Labute approximate surface area is 87.3 Å². The highest BCUT2D eigenvalue weighted by atomic mass is 16.5. The van der Waals surface area contributed by atoms with E-state index in [1.807, 2.05) is 11.0 Å². The van der Waals surface area contributed by atoms with Gasteiger partial charge in [-0.3, -0.25) is 4.98 Å². The van der Waals surface area contributed by atoms with E-state index in [1.54, 1.807) is 7.05 Å². The van der Waals surface area contributed by atoms with E-state index in [4.69, 9.17) is 4.74 Å². The predicted octanol–water partition coefficient (Wildman–Crippen LogP) is -0.352. The van der Waals surface area contributed by atoms with Crippen LogP contribution in [0, 0.1) is 0 Å². The van der Waals surface area contributed by atoms with Gasteiger partial charge in [0.25, 0.3) is 0 Å². The summed E-state index contributed by atoms with van der Waals surface area (Å²) in [4.78, 5) is 19.8. The summed E-state index contributed by atoms with van der Waals surface area (Å²) in [5, 5.41) is 2.89. The van der Waals surface area contributed by atoms with Gasteiger partial charge in [-0.15, -0.1) is 0 Å². The van der Waals surface area contributed by atoms with Crippen LogP contribution in [-0.2, 0) is 4.74 Å². The molecule has 82 valence electrons. The fourth-order valence-corrected chi connectivity index (χ4v) is 1.53. The molecule has 2 heterocycles. The number of ether oxygens (including phenoxy) is 1. The molecule has 0 saturated carbocycles. The Kier molecular flexibility index (Phi) is 2.86. The first-order valence-electron chi connectivity index (χ1n) is 4.91. The number of aromatic amines is 1. The Morgan fingerprint density at radius 2 is 2.27 bits per heavy atom. The first kappa shape index (κ1) is 9.97. The molecule has 0 aromatic carbocycles. The number of morpholine rings is 1. The normalized spacial score (nSPS) is 16.5. The van der Waals surface area contributed by atoms with Crippen molar-refractivity contribution in [3.8, 4) is 0 Å². The highest BCUT2D eigenvalue weighted by Crippen LogP contribution is 2.13. The van der Waals surface area contributed by atoms with Gasteiger partial charge in [-0.2, -0.15) is 4.98 Å². The zero-order valence-electron chi connectivity index (χ0n) is 8.62. The summed E-state index contributed by atoms with van der Waals surface area (Å²) in [6.45, 7) is 2.92. The van der Waals surface area contributed by atoms with E-state index in [-0.39, 0.29) is 5.69 Å². The van der Waals surface area contributed by atoms with E-state index < -0.39 is 0 Å². The highest BCUT2D eigenvalue weighted by molar-refractivity contribution is 5.48. The van der Waals surface area contributed by atoms with Gasteiger partial charge in [-0.25, -0.2) is 4.79 Å². The van der Waals surface area contributed by atoms with Crippen molar-refractivity contribution in [2.75, 3.05) is 43.6 Å². The van der Waals surface area contributed by atoms with Crippen LogP contribution in [0.4, 0.5) is 11.6 Å². The van der Waals surface area contributed by atoms with Crippen molar-refractivity contribution in [3.63, 3.8) is 0 Å². The van der Waals surface area contributed by atoms with E-state index in [2.05, 4.69) is 15.3 Å². The molecule has 1 aliphatic rings. The van der Waals surface area contributed by atoms with Crippen LogP contribution < -0.4 is 15.9 Å². The van der Waals surface area contributed by atoms with Crippen LogP contribution in [0.5, 0.6) is 0 Å². The van der Waals surface area contributed by atoms with Crippen molar-refractivity contribution >= 4 is 11.6 Å². The minimum atomic E-state index is -0.330. The van der Waals surface area contributed by atoms with Gasteiger partial charge in [0.1, 0.15) is 11.6 Å². The molecule has 6 nitrogen and oxygen atoms in total. The molecule has 0 radical (unpaired) electrons. The molecular weight excluding hydrogens is 196 g/mol. The van der Waals surface area contributed by atoms with E-state index >= 15 is 0 Å². The van der Waals surface area contributed by atoms with Crippen LogP contribution in [0.2, 0.25) is 0 Å². The number of nitrogens with zero attached hydrogens (tertiary/aromatic N) is 2. The van der Waals surface area contributed by atoms with Crippen LogP contribution in [0.3, 0.4) is 0 Å². The Morgan fingerprint density at radius 3 is 2.93 bits per heavy atom. The third kappa shape index (κ3) is 2.27. The monoisotopic (exact) mass is 210 g/mol. The number of nitrogens with one attached hydrogen (secondary N) is 2. The molecule has 15 heavy (non-hydrogen) atoms. The summed E-state index contributed by atoms with van der Waals surface area (Å²) in [6, 6.07) is 1.83. The molecule has 1 aromatic rings. The van der Waals surface area contributed by atoms with Crippen molar-refractivity contribution in [2.45, 2.75) is 0 Å². The number of rotatable bonds is 2. The van der Waals surface area contributed by atoms with Crippen LogP contribution in [0.1, 0.15) is 0 Å². The fraction of sp³-hybridized carbons (Fsp3) is 0.556. The maximum Gasteiger partial charge on any atom is 0.348 e. The summed E-state index contributed by atoms with van der Waals surface area (Å²) in [5.41, 5.74) is -0.330. The molecule has 1 aliphatic heterocycles. The Morgan fingerprint density at radius 1 is 1.53 bits per heavy atom. The second-order valence-electron chi connectivity index (χ2n) is 3.31. The lowest BCUT2D eigenvalue weighted by Gasteiger charge is -2.27. The van der Waals surface area contributed by atoms with Crippen molar-refractivity contribution in [1.29, 1.82) is 0 Å². The van der Waals surface area contributed by atoms with Crippen LogP contribution >= 0.6 is 0 Å². The van der Waals surface area contributed by atoms with Gasteiger partial charge in [0.05, 0.1) is 13.2 Å². The van der Waals surface area contributed by atoms with Crippen molar-refractivity contribution in [1.82, 2.24) is 9.97 Å². The summed E-state index contributed by atoms with van der Waals surface area (Å²) in [5.74, 6) is 1.38. The third-order valence-corrected chi connectivity index (χ3v) is 2.34. The van der Waals surface area contributed by atoms with E-state index in [0.717, 1.165) is 13.1 Å². The quantitative estimate of drug-likeness (QED) is 0.698. The lowest BCUT2D eigenvalue weighted by atomic mass is 10.4. The average molecular weight is 210 g/mol. The second-order valence-corrected chi connectivity index (χ2v) is 3.31. The lowest BCUT2D eigenvalue weighted by Crippen LogP contribution is -2.37. The van der Waals surface area contributed by atoms with Gasteiger partial charge in [0.2, 0.25) is 0 Å². The topological polar surface area (TPSA) is 70.2 Å². The molecule has 0 unspecified atom stereocenters. The second kappa shape index (κ2) is 4.31. The van der Waals surface area contributed by atoms with Gasteiger partial charge in [-0.05, 0) is 0 Å². The maximum absolute atomic E-state index is 11.2. The largest absolute Gasteiger partial charge is 0.378 e. The molecule has 1 aromatic heterocycles. The summed E-state index contributed by atoms with van der Waals surface area (Å²) < 4.78 is 5.24. The standard InChI is InChI=1S/C9H14N4O2/c1-10-7-6-8(12-9(14)11-7)13-2-4-15-5-3-13/h6H,2-5H2,1H3,(H2,10,11,12,14). The number of anilines is 2. The molecular formula is C9H14N4O2. The number of hydrogen-bond donors (Lipinski definition) is 2. The summed E-state index contributed by atoms with van der Waals surface area (Å²) in [7, 11) is 1.76. The maximum atomic E-state index is 11.2. The molecule has 6 heteroatoms. The molecule has 2 N–H and O–H groups in total. The molecule has 2 rings (SSSR count). The van der Waals surface area contributed by atoms with Gasteiger partial charge < -0.3 is 15.0 Å². The predicted molar refractivity (Wildman–Crippen MR) is 57.4 cm³/mol. The molecule has 0 atom stereocenters. The lowest BCUT2D eigenvalue weighted by molar-refractivity contribution is 0.122. The third-order valence-electron chi connectivity index (χ3n) is 2.34. The number of H-pyrrole nitrogens is 1. The molecule has 0 aliphatic carbocycles. The first-order valence-corrected chi connectivity index (χ1v) is 4.91. The molecule has 1 fully saturated rings. The molecule has 0 amide bonds. The zero-order valence-corrected chi connectivity index (χ0v) is 8.62. The van der Waals surface area contributed by atoms with Gasteiger partial charge >= 0.3 is 5.69 Å². The van der Waals surface area contributed by atoms with Gasteiger partial charge in [0, 0.05) is 26.2 Å². The highest BCUT2D eigenvalue weighted by Gasteiger charge is 2.13. The minimum Gasteiger partial charge on any atom is -0.378 e. The number of hydrogen-bond acceptors (Lipinski definition) is 5. The van der Waals surface area contributed by atoms with Crippen molar-refractivity contribution in [2.24, 2.45) is 0 Å². The SMILES string of the molecule is CNc1cc(N2CCOCC2)nc(=O)[nH]1. The van der Waals surface area contributed by atoms with Crippen LogP contribution in [-0.4, -0.2) is 43.3 Å². The minimum absolute atomic E-state index is 0.330. The fourth-order valence-electron chi connectivity index (χ4n) is 1.53. The van der Waals surface area contributed by atoms with E-state index in [1.165, 1.54) is 0 Å². The van der Waals surface area contributed by atoms with Crippen molar-refractivity contribution in [3.05, 3.63) is 16.6 Å². The first-order chi connectivity index (χ1) is 7.29. The number of aromatic nitrogens is 2. The Hall–Kier alpha value is -1.56. The van der Waals surface area contributed by atoms with Gasteiger partial charge in [0.15, 0.2) is 0 Å². The Bertz CT molecular complexity index is 384. The summed E-state index contributed by atoms with van der Waals surface area (Å²) >= 11 is 0. The summed E-state index contributed by atoms with van der Waals surface area (Å²) in [6.07, 6.45) is 0. The molecule has 0 spiro atoms. The average Bonchev–Trinajstić information content (AvgIpc) is 2.29. The van der Waals surface area contributed by atoms with E-state index in [0.29, 0.717) is 24.8 Å². The van der Waals surface area contributed by atoms with Crippen LogP contribution in [0.15, 0.2) is 10.9 Å². The van der Waals surface area contributed by atoms with Gasteiger partial charge in [-0.1, -0.05) is 0 Å². The Balaban J connectivity index is 2.26. The zero-order chi connectivity index (χ0) is 10.7. The van der Waals surface area contributed by atoms with E-state index in [9.17, 15) is 4.79 Å².